The molecule has 1 unspecified atom stereocenters. The van der Waals surface area contributed by atoms with E-state index >= 15 is 0 Å². The molecule has 6 nitrogen and oxygen atoms in total. The van der Waals surface area contributed by atoms with Crippen LogP contribution in [0.4, 0.5) is 5.69 Å². The molecule has 1 atom stereocenters. The molecule has 4 rings (SSSR count). The Kier molecular flexibility index (Phi) is 5.34. The molecule has 1 amide bonds. The van der Waals surface area contributed by atoms with Crippen molar-refractivity contribution in [3.63, 3.8) is 0 Å². The minimum atomic E-state index is -3.51. The molecule has 150 valence electrons. The Morgan fingerprint density at radius 3 is 2.66 bits per heavy atom. The van der Waals surface area contributed by atoms with Crippen LogP contribution in [0.5, 0.6) is 0 Å². The Labute approximate surface area is 170 Å². The monoisotopic (exact) mass is 409 g/mol. The summed E-state index contributed by atoms with van der Waals surface area (Å²) in [6, 6.07) is 15.4. The van der Waals surface area contributed by atoms with Crippen molar-refractivity contribution < 1.29 is 13.2 Å². The van der Waals surface area contributed by atoms with Crippen molar-refractivity contribution >= 4 is 32.5 Å². The van der Waals surface area contributed by atoms with Crippen molar-refractivity contribution in [3.05, 3.63) is 66.4 Å². The van der Waals surface area contributed by atoms with Crippen LogP contribution in [0.15, 0.2) is 65.7 Å². The highest BCUT2D eigenvalue weighted by atomic mass is 32.2. The standard InChI is InChI=1S/C22H23N3O3S/c1-16-5-4-14-25(15-16)29(27,28)18-11-9-17(10-12-18)24-22(26)20-6-2-8-21-19(20)7-3-13-23-21/h2-3,6-13,16H,4-5,14-15H2,1H3,(H,24,26). The van der Waals surface area contributed by atoms with Crippen molar-refractivity contribution in [3.8, 4) is 0 Å². The van der Waals surface area contributed by atoms with Gasteiger partial charge in [-0.1, -0.05) is 19.1 Å². The maximum Gasteiger partial charge on any atom is 0.256 e. The van der Waals surface area contributed by atoms with Gasteiger partial charge >= 0.3 is 0 Å². The maximum atomic E-state index is 12.9. The Bertz CT molecular complexity index is 1140. The van der Waals surface area contributed by atoms with Crippen LogP contribution in [0.25, 0.3) is 10.9 Å². The second-order valence-electron chi connectivity index (χ2n) is 7.46. The van der Waals surface area contributed by atoms with Crippen LogP contribution in [-0.2, 0) is 10.0 Å². The fraction of sp³-hybridized carbons (Fsp3) is 0.273. The van der Waals surface area contributed by atoms with Crippen molar-refractivity contribution in [1.82, 2.24) is 9.29 Å². The van der Waals surface area contributed by atoms with Gasteiger partial charge in [-0.15, -0.1) is 0 Å². The van der Waals surface area contributed by atoms with E-state index in [1.807, 2.05) is 12.1 Å². The van der Waals surface area contributed by atoms with E-state index in [1.165, 1.54) is 0 Å². The quantitative estimate of drug-likeness (QED) is 0.709. The molecule has 3 aromatic rings. The Balaban J connectivity index is 1.53. The van der Waals surface area contributed by atoms with Crippen LogP contribution < -0.4 is 5.32 Å². The van der Waals surface area contributed by atoms with Crippen molar-refractivity contribution in [2.45, 2.75) is 24.7 Å². The zero-order chi connectivity index (χ0) is 20.4. The predicted molar refractivity (Wildman–Crippen MR) is 113 cm³/mol. The third-order valence-corrected chi connectivity index (χ3v) is 7.14. The Morgan fingerprint density at radius 2 is 1.90 bits per heavy atom. The van der Waals surface area contributed by atoms with E-state index < -0.39 is 10.0 Å². The molecule has 0 radical (unpaired) electrons. The molecule has 0 bridgehead atoms. The lowest BCUT2D eigenvalue weighted by atomic mass is 10.0. The summed E-state index contributed by atoms with van der Waals surface area (Å²) >= 11 is 0. The zero-order valence-electron chi connectivity index (χ0n) is 16.2. The second kappa shape index (κ2) is 7.93. The topological polar surface area (TPSA) is 79.4 Å². The molecule has 0 saturated carbocycles. The summed E-state index contributed by atoms with van der Waals surface area (Å²) < 4.78 is 27.3. The molecule has 1 aliphatic heterocycles. The molecule has 1 fully saturated rings. The van der Waals surface area contributed by atoms with Gasteiger partial charge in [-0.25, -0.2) is 8.42 Å². The molecule has 7 heteroatoms. The van der Waals surface area contributed by atoms with Gasteiger partial charge < -0.3 is 5.32 Å². The third kappa shape index (κ3) is 4.02. The summed E-state index contributed by atoms with van der Waals surface area (Å²) in [5.41, 5.74) is 1.81. The molecule has 0 aliphatic carbocycles. The first kappa shape index (κ1) is 19.5. The summed E-state index contributed by atoms with van der Waals surface area (Å²) in [5, 5.41) is 3.61. The number of anilines is 1. The van der Waals surface area contributed by atoms with Crippen LogP contribution in [0.3, 0.4) is 0 Å². The number of hydrogen-bond donors (Lipinski definition) is 1. The summed E-state index contributed by atoms with van der Waals surface area (Å²) in [5.74, 6) is 0.108. The average molecular weight is 410 g/mol. The van der Waals surface area contributed by atoms with E-state index in [1.54, 1.807) is 53.0 Å². The van der Waals surface area contributed by atoms with E-state index in [-0.39, 0.29) is 10.8 Å². The number of aromatic nitrogens is 1. The van der Waals surface area contributed by atoms with E-state index in [0.29, 0.717) is 30.3 Å². The lowest BCUT2D eigenvalue weighted by Gasteiger charge is -2.30. The molecule has 1 aliphatic rings. The van der Waals surface area contributed by atoms with E-state index in [4.69, 9.17) is 0 Å². The Hall–Kier alpha value is -2.77. The molecular weight excluding hydrogens is 386 g/mol. The van der Waals surface area contributed by atoms with Gasteiger partial charge in [0.15, 0.2) is 0 Å². The minimum absolute atomic E-state index is 0.249. The molecule has 2 aromatic carbocycles. The third-order valence-electron chi connectivity index (χ3n) is 5.26. The number of nitrogens with one attached hydrogen (secondary N) is 1. The number of hydrogen-bond acceptors (Lipinski definition) is 4. The maximum absolute atomic E-state index is 12.9. The molecule has 1 saturated heterocycles. The van der Waals surface area contributed by atoms with E-state index in [0.717, 1.165) is 23.7 Å². The summed E-state index contributed by atoms with van der Waals surface area (Å²) in [6.07, 6.45) is 3.63. The van der Waals surface area contributed by atoms with Gasteiger partial charge in [0.25, 0.3) is 5.91 Å². The number of carbonyl (C=O) groups is 1. The number of rotatable bonds is 4. The van der Waals surface area contributed by atoms with Gasteiger partial charge in [0.1, 0.15) is 0 Å². The number of amides is 1. The molecule has 1 aromatic heterocycles. The van der Waals surface area contributed by atoms with E-state index in [9.17, 15) is 13.2 Å². The van der Waals surface area contributed by atoms with Gasteiger partial charge in [0.05, 0.1) is 10.4 Å². The van der Waals surface area contributed by atoms with Crippen LogP contribution in [-0.4, -0.2) is 36.7 Å². The lowest BCUT2D eigenvalue weighted by Crippen LogP contribution is -2.39. The number of pyridine rings is 1. The first-order chi connectivity index (χ1) is 13.9. The highest BCUT2D eigenvalue weighted by Gasteiger charge is 2.28. The van der Waals surface area contributed by atoms with Crippen molar-refractivity contribution in [2.75, 3.05) is 18.4 Å². The number of sulfonamides is 1. The van der Waals surface area contributed by atoms with Gasteiger partial charge in [0.2, 0.25) is 10.0 Å². The average Bonchev–Trinajstić information content (AvgIpc) is 2.73. The normalized spacial score (nSPS) is 17.9. The summed E-state index contributed by atoms with van der Waals surface area (Å²) in [6.45, 7) is 3.18. The summed E-state index contributed by atoms with van der Waals surface area (Å²) in [7, 11) is -3.51. The largest absolute Gasteiger partial charge is 0.322 e. The van der Waals surface area contributed by atoms with E-state index in [2.05, 4.69) is 17.2 Å². The minimum Gasteiger partial charge on any atom is -0.322 e. The zero-order valence-corrected chi connectivity index (χ0v) is 17.0. The SMILES string of the molecule is CC1CCCN(S(=O)(=O)c2ccc(NC(=O)c3cccc4ncccc34)cc2)C1. The number of piperidine rings is 1. The highest BCUT2D eigenvalue weighted by Crippen LogP contribution is 2.25. The molecule has 1 N–H and O–H groups in total. The number of nitrogens with zero attached hydrogens (tertiary/aromatic N) is 2. The number of carbonyl (C=O) groups excluding carboxylic acids is 1. The fourth-order valence-electron chi connectivity index (χ4n) is 3.72. The van der Waals surface area contributed by atoms with Crippen LogP contribution in [0.2, 0.25) is 0 Å². The molecular formula is C22H23N3O3S. The predicted octanol–water partition coefficient (Wildman–Crippen LogP) is 3.91. The van der Waals surface area contributed by atoms with Gasteiger partial charge in [0, 0.05) is 35.9 Å². The summed E-state index contributed by atoms with van der Waals surface area (Å²) in [4.78, 5) is 17.2. The van der Waals surface area contributed by atoms with Crippen molar-refractivity contribution in [1.29, 1.82) is 0 Å². The molecule has 0 spiro atoms. The van der Waals surface area contributed by atoms with Gasteiger partial charge in [-0.05, 0) is 61.2 Å². The molecule has 2 heterocycles. The van der Waals surface area contributed by atoms with Crippen molar-refractivity contribution in [2.24, 2.45) is 5.92 Å². The smallest absolute Gasteiger partial charge is 0.256 e. The van der Waals surface area contributed by atoms with Gasteiger partial charge in [-0.3, -0.25) is 9.78 Å². The second-order valence-corrected chi connectivity index (χ2v) is 9.40. The molecule has 29 heavy (non-hydrogen) atoms. The fourth-order valence-corrected chi connectivity index (χ4v) is 5.32. The first-order valence-corrected chi connectivity index (χ1v) is 11.1. The van der Waals surface area contributed by atoms with Crippen LogP contribution >= 0.6 is 0 Å². The van der Waals surface area contributed by atoms with Crippen LogP contribution in [0.1, 0.15) is 30.1 Å². The number of benzene rings is 2. The van der Waals surface area contributed by atoms with Crippen LogP contribution in [0, 0.1) is 5.92 Å². The first-order valence-electron chi connectivity index (χ1n) is 9.70. The number of fused-ring (bicyclic) bond motifs is 1. The highest BCUT2D eigenvalue weighted by molar-refractivity contribution is 7.89. The lowest BCUT2D eigenvalue weighted by molar-refractivity contribution is 0.102. The Morgan fingerprint density at radius 1 is 1.10 bits per heavy atom. The van der Waals surface area contributed by atoms with Gasteiger partial charge in [-0.2, -0.15) is 4.31 Å².